The van der Waals surface area contributed by atoms with Crippen molar-refractivity contribution in [1.82, 2.24) is 5.32 Å². The molecule has 0 unspecified atom stereocenters. The van der Waals surface area contributed by atoms with Crippen molar-refractivity contribution < 1.29 is 19.4 Å². The SMILES string of the molecule is O=C1NC(=Nc2ccc(C(=O)O)cc2)SC1=Cc1ccccc1OCc1ccccc1. The van der Waals surface area contributed by atoms with Crippen molar-refractivity contribution >= 4 is 40.6 Å². The number of thioether (sulfide) groups is 1. The third kappa shape index (κ3) is 5.21. The van der Waals surface area contributed by atoms with Crippen molar-refractivity contribution in [2.45, 2.75) is 6.61 Å². The molecule has 6 nitrogen and oxygen atoms in total. The molecule has 31 heavy (non-hydrogen) atoms. The molecule has 1 aliphatic rings. The summed E-state index contributed by atoms with van der Waals surface area (Å²) in [6.07, 6.45) is 1.77. The van der Waals surface area contributed by atoms with E-state index in [1.807, 2.05) is 54.6 Å². The van der Waals surface area contributed by atoms with Gasteiger partial charge in [-0.2, -0.15) is 0 Å². The second-order valence-electron chi connectivity index (χ2n) is 6.65. The van der Waals surface area contributed by atoms with Crippen LogP contribution in [-0.2, 0) is 11.4 Å². The van der Waals surface area contributed by atoms with E-state index in [0.29, 0.717) is 28.1 Å². The van der Waals surface area contributed by atoms with Crippen molar-refractivity contribution in [3.63, 3.8) is 0 Å². The third-order valence-electron chi connectivity index (χ3n) is 4.44. The lowest BCUT2D eigenvalue weighted by Crippen LogP contribution is -2.19. The number of carboxylic acid groups (broad SMARTS) is 1. The molecule has 1 saturated heterocycles. The fourth-order valence-corrected chi connectivity index (χ4v) is 3.72. The van der Waals surface area contributed by atoms with Crippen molar-refractivity contribution in [2.24, 2.45) is 4.99 Å². The number of carboxylic acids is 1. The van der Waals surface area contributed by atoms with Gasteiger partial charge in [0.25, 0.3) is 5.91 Å². The number of carbonyl (C=O) groups excluding carboxylic acids is 1. The summed E-state index contributed by atoms with van der Waals surface area (Å²) in [4.78, 5) is 28.2. The normalized spacial score (nSPS) is 15.8. The molecule has 0 atom stereocenters. The van der Waals surface area contributed by atoms with Gasteiger partial charge in [-0.1, -0.05) is 48.5 Å². The van der Waals surface area contributed by atoms with Gasteiger partial charge in [0.05, 0.1) is 16.2 Å². The fraction of sp³-hybridized carbons (Fsp3) is 0.0417. The summed E-state index contributed by atoms with van der Waals surface area (Å²) in [5.74, 6) is -0.563. The van der Waals surface area contributed by atoms with Gasteiger partial charge in [-0.25, -0.2) is 9.79 Å². The Hall–Kier alpha value is -3.84. The van der Waals surface area contributed by atoms with Crippen molar-refractivity contribution in [3.05, 3.63) is 100 Å². The molecule has 1 fully saturated rings. The number of para-hydroxylation sites is 1. The summed E-state index contributed by atoms with van der Waals surface area (Å²) in [5, 5.41) is 12.1. The fourth-order valence-electron chi connectivity index (χ4n) is 2.88. The maximum Gasteiger partial charge on any atom is 0.335 e. The zero-order valence-corrected chi connectivity index (χ0v) is 17.1. The molecule has 3 aromatic rings. The summed E-state index contributed by atoms with van der Waals surface area (Å²) >= 11 is 1.22. The Labute approximate surface area is 183 Å². The van der Waals surface area contributed by atoms with Gasteiger partial charge in [-0.15, -0.1) is 0 Å². The van der Waals surface area contributed by atoms with Crippen LogP contribution in [0.5, 0.6) is 5.75 Å². The van der Waals surface area contributed by atoms with Crippen LogP contribution in [0, 0.1) is 0 Å². The number of amidine groups is 1. The monoisotopic (exact) mass is 430 g/mol. The number of nitrogens with zero attached hydrogens (tertiary/aromatic N) is 1. The number of ether oxygens (including phenoxy) is 1. The van der Waals surface area contributed by atoms with E-state index in [-0.39, 0.29) is 11.5 Å². The van der Waals surface area contributed by atoms with Gasteiger partial charge in [0.2, 0.25) is 0 Å². The highest BCUT2D eigenvalue weighted by Gasteiger charge is 2.24. The largest absolute Gasteiger partial charge is 0.488 e. The van der Waals surface area contributed by atoms with Gasteiger partial charge in [-0.05, 0) is 53.7 Å². The van der Waals surface area contributed by atoms with Crippen LogP contribution in [0.1, 0.15) is 21.5 Å². The van der Waals surface area contributed by atoms with Crippen LogP contribution < -0.4 is 10.1 Å². The zero-order chi connectivity index (χ0) is 21.6. The molecule has 0 aliphatic carbocycles. The van der Waals surface area contributed by atoms with Gasteiger partial charge in [0.15, 0.2) is 5.17 Å². The molecule has 1 aliphatic heterocycles. The number of aliphatic imine (C=N–C) groups is 1. The maximum atomic E-state index is 12.4. The summed E-state index contributed by atoms with van der Waals surface area (Å²) in [7, 11) is 0. The molecular weight excluding hydrogens is 412 g/mol. The van der Waals surface area contributed by atoms with Crippen LogP contribution in [-0.4, -0.2) is 22.2 Å². The number of hydrogen-bond acceptors (Lipinski definition) is 5. The summed E-state index contributed by atoms with van der Waals surface area (Å²) in [5.41, 5.74) is 2.59. The molecule has 0 bridgehead atoms. The van der Waals surface area contributed by atoms with E-state index in [1.165, 1.54) is 23.9 Å². The third-order valence-corrected chi connectivity index (χ3v) is 5.35. The standard InChI is InChI=1S/C24H18N2O4S/c27-22-21(31-24(26-22)25-19-12-10-17(11-13-19)23(28)29)14-18-8-4-5-9-20(18)30-15-16-6-2-1-3-7-16/h1-14H,15H2,(H,28,29)(H,25,26,27). The molecular formula is C24H18N2O4S. The molecule has 154 valence electrons. The van der Waals surface area contributed by atoms with Gasteiger partial charge >= 0.3 is 5.97 Å². The molecule has 0 aromatic heterocycles. The molecule has 3 aromatic carbocycles. The van der Waals surface area contributed by atoms with Gasteiger partial charge < -0.3 is 15.2 Å². The molecule has 1 amide bonds. The predicted molar refractivity (Wildman–Crippen MR) is 121 cm³/mol. The van der Waals surface area contributed by atoms with Crippen LogP contribution in [0.2, 0.25) is 0 Å². The Kier molecular flexibility index (Phi) is 6.14. The molecule has 1 heterocycles. The number of carbonyl (C=O) groups is 2. The Balaban J connectivity index is 1.50. The first kappa shape index (κ1) is 20.4. The quantitative estimate of drug-likeness (QED) is 0.546. The smallest absolute Gasteiger partial charge is 0.335 e. The summed E-state index contributed by atoms with van der Waals surface area (Å²) in [6.45, 7) is 0.430. The van der Waals surface area contributed by atoms with Crippen molar-refractivity contribution in [1.29, 1.82) is 0 Å². The Morgan fingerprint density at radius 3 is 2.45 bits per heavy atom. The first-order valence-electron chi connectivity index (χ1n) is 9.47. The van der Waals surface area contributed by atoms with Crippen LogP contribution in [0.15, 0.2) is 88.8 Å². The number of rotatable bonds is 6. The molecule has 0 spiro atoms. The maximum absolute atomic E-state index is 12.4. The van der Waals surface area contributed by atoms with Crippen molar-refractivity contribution in [2.75, 3.05) is 0 Å². The van der Waals surface area contributed by atoms with E-state index in [0.717, 1.165) is 11.1 Å². The summed E-state index contributed by atoms with van der Waals surface area (Å²) < 4.78 is 5.96. The highest BCUT2D eigenvalue weighted by atomic mass is 32.2. The van der Waals surface area contributed by atoms with E-state index < -0.39 is 5.97 Å². The highest BCUT2D eigenvalue weighted by Crippen LogP contribution is 2.31. The average Bonchev–Trinajstić information content (AvgIpc) is 3.12. The van der Waals surface area contributed by atoms with E-state index in [2.05, 4.69) is 10.3 Å². The average molecular weight is 430 g/mol. The van der Waals surface area contributed by atoms with E-state index in [1.54, 1.807) is 18.2 Å². The minimum atomic E-state index is -0.999. The Morgan fingerprint density at radius 1 is 1.00 bits per heavy atom. The Morgan fingerprint density at radius 2 is 1.71 bits per heavy atom. The lowest BCUT2D eigenvalue weighted by molar-refractivity contribution is -0.115. The number of nitrogens with one attached hydrogen (secondary N) is 1. The van der Waals surface area contributed by atoms with Crippen molar-refractivity contribution in [3.8, 4) is 5.75 Å². The van der Waals surface area contributed by atoms with E-state index in [9.17, 15) is 9.59 Å². The molecule has 4 rings (SSSR count). The van der Waals surface area contributed by atoms with Crippen LogP contribution in [0.4, 0.5) is 5.69 Å². The number of benzene rings is 3. The van der Waals surface area contributed by atoms with Crippen LogP contribution in [0.25, 0.3) is 6.08 Å². The molecule has 0 radical (unpaired) electrons. The first-order chi connectivity index (χ1) is 15.1. The minimum absolute atomic E-state index is 0.180. The Bertz CT molecular complexity index is 1170. The number of amides is 1. The second kappa shape index (κ2) is 9.32. The zero-order valence-electron chi connectivity index (χ0n) is 16.3. The van der Waals surface area contributed by atoms with Gasteiger partial charge in [-0.3, -0.25) is 4.79 Å². The summed E-state index contributed by atoms with van der Waals surface area (Å²) in [6, 6.07) is 23.5. The van der Waals surface area contributed by atoms with Gasteiger partial charge in [0.1, 0.15) is 12.4 Å². The minimum Gasteiger partial charge on any atom is -0.488 e. The van der Waals surface area contributed by atoms with Crippen LogP contribution in [0.3, 0.4) is 0 Å². The predicted octanol–water partition coefficient (Wildman–Crippen LogP) is 4.86. The van der Waals surface area contributed by atoms with Crippen LogP contribution >= 0.6 is 11.8 Å². The lowest BCUT2D eigenvalue weighted by atomic mass is 10.2. The number of aromatic carboxylic acids is 1. The van der Waals surface area contributed by atoms with E-state index >= 15 is 0 Å². The topological polar surface area (TPSA) is 88.0 Å². The highest BCUT2D eigenvalue weighted by molar-refractivity contribution is 8.18. The lowest BCUT2D eigenvalue weighted by Gasteiger charge is -2.09. The second-order valence-corrected chi connectivity index (χ2v) is 7.68. The molecule has 7 heteroatoms. The molecule has 0 saturated carbocycles. The van der Waals surface area contributed by atoms with E-state index in [4.69, 9.17) is 9.84 Å². The number of hydrogen-bond donors (Lipinski definition) is 2. The first-order valence-corrected chi connectivity index (χ1v) is 10.3. The molecule has 2 N–H and O–H groups in total. The van der Waals surface area contributed by atoms with Gasteiger partial charge in [0, 0.05) is 5.56 Å².